The topological polar surface area (TPSA) is 66.8 Å². The van der Waals surface area contributed by atoms with E-state index in [4.69, 9.17) is 4.74 Å². The largest absolute Gasteiger partial charge is 0.459 e. The maximum absolute atomic E-state index is 17.2. The molecule has 4 aliphatic carbocycles. The number of halogens is 1. The second kappa shape index (κ2) is 7.13. The molecule has 0 unspecified atom stereocenters. The lowest BCUT2D eigenvalue weighted by Gasteiger charge is -2.62. The molecule has 8 atom stereocenters. The highest BCUT2D eigenvalue weighted by Gasteiger charge is 2.75. The molecule has 1 aromatic carbocycles. The van der Waals surface area contributed by atoms with Crippen molar-refractivity contribution in [3.05, 3.63) is 66.5 Å². The van der Waals surface area contributed by atoms with Gasteiger partial charge in [0.2, 0.25) is 0 Å². The Morgan fingerprint density at radius 1 is 1.21 bits per heavy atom. The lowest BCUT2D eigenvalue weighted by molar-refractivity contribution is -0.216. The first-order valence-electron chi connectivity index (χ1n) is 11.9. The van der Waals surface area contributed by atoms with Crippen molar-refractivity contribution in [1.29, 1.82) is 0 Å². The van der Waals surface area contributed by atoms with Crippen LogP contribution in [0.25, 0.3) is 0 Å². The first kappa shape index (κ1) is 22.5. The zero-order valence-electron chi connectivity index (χ0n) is 19.6. The number of allylic oxidation sites excluding steroid dienone is 4. The number of ether oxygens (including phenoxy) is 1. The van der Waals surface area contributed by atoms with Crippen molar-refractivity contribution in [2.75, 3.05) is 0 Å². The molecule has 0 aliphatic heterocycles. The second-order valence-corrected chi connectivity index (χ2v) is 11.0. The molecule has 0 heterocycles. The molecule has 1 aromatic rings. The van der Waals surface area contributed by atoms with E-state index in [1.807, 2.05) is 51.1 Å². The minimum absolute atomic E-state index is 0.0906. The van der Waals surface area contributed by atoms with Gasteiger partial charge in [-0.05, 0) is 68.7 Å². The van der Waals surface area contributed by atoms with Crippen LogP contribution in [0, 0.1) is 28.6 Å². The van der Waals surface area contributed by atoms with Crippen molar-refractivity contribution in [2.45, 2.75) is 63.8 Å². The number of rotatable bonds is 3. The van der Waals surface area contributed by atoms with Crippen LogP contribution in [0.3, 0.4) is 0 Å². The van der Waals surface area contributed by atoms with Gasteiger partial charge in [0.05, 0.1) is 6.10 Å². The van der Waals surface area contributed by atoms with Crippen molar-refractivity contribution in [3.8, 4) is 5.75 Å². The molecule has 176 valence electrons. The summed E-state index contributed by atoms with van der Waals surface area (Å²) in [5.74, 6) is -0.123. The quantitative estimate of drug-likeness (QED) is 0.639. The number of carbonyl (C=O) groups excluding carboxylic acids is 1. The van der Waals surface area contributed by atoms with Gasteiger partial charge in [0.1, 0.15) is 17.1 Å². The van der Waals surface area contributed by atoms with Crippen molar-refractivity contribution in [1.82, 2.24) is 0 Å². The molecular formula is C28H33FO4. The van der Waals surface area contributed by atoms with Crippen LogP contribution in [-0.4, -0.2) is 33.4 Å². The molecule has 4 nitrogen and oxygen atoms in total. The summed E-state index contributed by atoms with van der Waals surface area (Å²) in [7, 11) is 0. The number of ketones is 1. The van der Waals surface area contributed by atoms with Crippen LogP contribution in [0.5, 0.6) is 5.75 Å². The standard InChI is InChI=1S/C28H33FO4/c1-17-14-23-22-11-10-19-15-20(30)12-13-25(19,3)27(22,29)24(31)16-26(23,4)28(17,32)18(2)33-21-8-6-5-7-9-21/h5-9,12-13,15,17,22-24,31-32H,2,10-11,14,16H2,1,3-4H3/t17-,22-,23-,24-,25-,26-,27-,28-/m0/s1. The van der Waals surface area contributed by atoms with Crippen molar-refractivity contribution in [2.24, 2.45) is 28.6 Å². The van der Waals surface area contributed by atoms with Crippen molar-refractivity contribution < 1.29 is 24.1 Å². The number of alkyl halides is 1. The van der Waals surface area contributed by atoms with Gasteiger partial charge in [-0.15, -0.1) is 0 Å². The van der Waals surface area contributed by atoms with Gasteiger partial charge in [-0.2, -0.15) is 0 Å². The summed E-state index contributed by atoms with van der Waals surface area (Å²) in [4.78, 5) is 12.0. The van der Waals surface area contributed by atoms with E-state index in [9.17, 15) is 15.0 Å². The summed E-state index contributed by atoms with van der Waals surface area (Å²) in [5, 5.41) is 23.6. The summed E-state index contributed by atoms with van der Waals surface area (Å²) in [6.07, 6.45) is 5.18. The van der Waals surface area contributed by atoms with Crippen LogP contribution in [0.2, 0.25) is 0 Å². The van der Waals surface area contributed by atoms with Crippen LogP contribution in [0.4, 0.5) is 4.39 Å². The zero-order chi connectivity index (χ0) is 23.8. The molecule has 2 N–H and O–H groups in total. The summed E-state index contributed by atoms with van der Waals surface area (Å²) in [6, 6.07) is 9.21. The molecule has 0 saturated heterocycles. The van der Waals surface area contributed by atoms with Crippen LogP contribution in [-0.2, 0) is 4.79 Å². The number of aliphatic hydroxyl groups is 2. The third-order valence-electron chi connectivity index (χ3n) is 9.63. The maximum atomic E-state index is 17.2. The molecular weight excluding hydrogens is 419 g/mol. The minimum atomic E-state index is -1.91. The molecule has 0 amide bonds. The van der Waals surface area contributed by atoms with E-state index < -0.39 is 34.1 Å². The Kier molecular flexibility index (Phi) is 4.87. The van der Waals surface area contributed by atoms with Crippen molar-refractivity contribution in [3.63, 3.8) is 0 Å². The van der Waals surface area contributed by atoms with Gasteiger partial charge >= 0.3 is 0 Å². The monoisotopic (exact) mass is 452 g/mol. The molecule has 0 spiro atoms. The Morgan fingerprint density at radius 2 is 1.91 bits per heavy atom. The molecule has 33 heavy (non-hydrogen) atoms. The lowest BCUT2D eigenvalue weighted by Crippen LogP contribution is -2.68. The van der Waals surface area contributed by atoms with Gasteiger partial charge in [-0.1, -0.05) is 50.3 Å². The van der Waals surface area contributed by atoms with E-state index in [-0.39, 0.29) is 29.8 Å². The highest BCUT2D eigenvalue weighted by molar-refractivity contribution is 6.01. The maximum Gasteiger partial charge on any atom is 0.178 e. The first-order valence-corrected chi connectivity index (χ1v) is 11.9. The fourth-order valence-corrected chi connectivity index (χ4v) is 7.85. The highest BCUT2D eigenvalue weighted by atomic mass is 19.1. The Labute approximate surface area is 194 Å². The molecule has 0 aromatic heterocycles. The lowest BCUT2D eigenvalue weighted by atomic mass is 9.44. The zero-order valence-corrected chi connectivity index (χ0v) is 19.6. The van der Waals surface area contributed by atoms with Crippen LogP contribution >= 0.6 is 0 Å². The molecule has 5 rings (SSSR count). The number of para-hydroxylation sites is 1. The van der Waals surface area contributed by atoms with Gasteiger partial charge in [-0.3, -0.25) is 4.79 Å². The van der Waals surface area contributed by atoms with Gasteiger partial charge in [0.15, 0.2) is 11.5 Å². The molecule has 3 fully saturated rings. The van der Waals surface area contributed by atoms with E-state index in [1.54, 1.807) is 12.2 Å². The minimum Gasteiger partial charge on any atom is -0.459 e. The Morgan fingerprint density at radius 3 is 2.61 bits per heavy atom. The van der Waals surface area contributed by atoms with E-state index in [0.717, 1.165) is 5.57 Å². The summed E-state index contributed by atoms with van der Waals surface area (Å²) in [5.41, 5.74) is -4.40. The van der Waals surface area contributed by atoms with Gasteiger partial charge in [0, 0.05) is 16.7 Å². The Bertz CT molecular complexity index is 1060. The van der Waals surface area contributed by atoms with E-state index >= 15 is 4.39 Å². The van der Waals surface area contributed by atoms with E-state index in [1.165, 1.54) is 6.08 Å². The number of carbonyl (C=O) groups is 1. The number of fused-ring (bicyclic) bond motifs is 5. The Balaban J connectivity index is 1.54. The van der Waals surface area contributed by atoms with Crippen LogP contribution in [0.1, 0.15) is 46.5 Å². The average molecular weight is 453 g/mol. The number of hydrogen-bond acceptors (Lipinski definition) is 4. The molecule has 5 heteroatoms. The molecule has 3 saturated carbocycles. The Hall–Kier alpha value is -2.24. The molecule has 4 aliphatic rings. The summed E-state index contributed by atoms with van der Waals surface area (Å²) in [6.45, 7) is 9.84. The average Bonchev–Trinajstić information content (AvgIpc) is 2.97. The number of benzene rings is 1. The van der Waals surface area contributed by atoms with Gasteiger partial charge in [-0.25, -0.2) is 4.39 Å². The SMILES string of the molecule is C=C(Oc1ccccc1)[C@@]1(O)[C@@H](C)C[C@H]2[C@@H]3CCC4=CC(=O)C=C[C@]4(C)[C@@]3(F)[C@@H](O)C[C@@]21C. The van der Waals surface area contributed by atoms with Gasteiger partial charge in [0.25, 0.3) is 0 Å². The third kappa shape index (κ3) is 2.72. The number of aliphatic hydroxyl groups excluding tert-OH is 1. The predicted molar refractivity (Wildman–Crippen MR) is 124 cm³/mol. The smallest absolute Gasteiger partial charge is 0.178 e. The van der Waals surface area contributed by atoms with Gasteiger partial charge < -0.3 is 14.9 Å². The first-order chi connectivity index (χ1) is 15.5. The fourth-order valence-electron chi connectivity index (χ4n) is 7.85. The van der Waals surface area contributed by atoms with E-state index in [2.05, 4.69) is 6.58 Å². The molecule has 0 bridgehead atoms. The normalized spacial score (nSPS) is 46.1. The summed E-state index contributed by atoms with van der Waals surface area (Å²) < 4.78 is 23.2. The van der Waals surface area contributed by atoms with Crippen LogP contribution in [0.15, 0.2) is 66.5 Å². The highest BCUT2D eigenvalue weighted by Crippen LogP contribution is 2.71. The fraction of sp³-hybridized carbons (Fsp3) is 0.536. The third-order valence-corrected chi connectivity index (χ3v) is 9.63. The number of hydrogen-bond donors (Lipinski definition) is 2. The molecule has 0 radical (unpaired) electrons. The van der Waals surface area contributed by atoms with Crippen molar-refractivity contribution >= 4 is 5.78 Å². The summed E-state index contributed by atoms with van der Waals surface area (Å²) >= 11 is 0. The predicted octanol–water partition coefficient (Wildman–Crippen LogP) is 4.93. The second-order valence-electron chi connectivity index (χ2n) is 11.0. The van der Waals surface area contributed by atoms with E-state index in [0.29, 0.717) is 25.0 Å². The van der Waals surface area contributed by atoms with Crippen LogP contribution < -0.4 is 4.74 Å².